The number of likely N-dealkylation sites (N-methyl/N-ethyl adjacent to an activating group) is 1. The molecule has 4 nitrogen and oxygen atoms in total. The van der Waals surface area contributed by atoms with E-state index in [-0.39, 0.29) is 5.78 Å². The summed E-state index contributed by atoms with van der Waals surface area (Å²) in [6.07, 6.45) is 2.07. The normalized spacial score (nSPS) is 10.8. The lowest BCUT2D eigenvalue weighted by Crippen LogP contribution is -2.16. The Kier molecular flexibility index (Phi) is 3.19. The molecule has 0 saturated heterocycles. The Hall–Kier alpha value is -1.16. The minimum Gasteiger partial charge on any atom is -0.440 e. The number of carbonyl (C=O) groups excluding carboxylic acids is 1. The van der Waals surface area contributed by atoms with Crippen molar-refractivity contribution in [2.24, 2.45) is 0 Å². The number of Topliss-reactive ketones (excluding diaryl/α,β-unsaturated/α-hetero) is 1. The number of nitrogens with zero attached hydrogens (tertiary/aromatic N) is 2. The van der Waals surface area contributed by atoms with Crippen LogP contribution in [-0.2, 0) is 6.42 Å². The Morgan fingerprint density at radius 1 is 1.62 bits per heavy atom. The first-order valence-corrected chi connectivity index (χ1v) is 4.19. The highest BCUT2D eigenvalue weighted by Gasteiger charge is 2.12. The Morgan fingerprint density at radius 3 is 2.85 bits per heavy atom. The zero-order valence-electron chi connectivity index (χ0n) is 8.20. The maximum absolute atomic E-state index is 11.0. The quantitative estimate of drug-likeness (QED) is 0.651. The van der Waals surface area contributed by atoms with Crippen LogP contribution in [0.4, 0.5) is 0 Å². The number of ketones is 1. The van der Waals surface area contributed by atoms with Crippen molar-refractivity contribution in [3.63, 3.8) is 0 Å². The van der Waals surface area contributed by atoms with Crippen molar-refractivity contribution in [1.29, 1.82) is 0 Å². The Balaban J connectivity index is 2.65. The summed E-state index contributed by atoms with van der Waals surface area (Å²) in [4.78, 5) is 17.1. The van der Waals surface area contributed by atoms with Gasteiger partial charge in [0.25, 0.3) is 0 Å². The molecule has 1 rings (SSSR count). The second-order valence-corrected chi connectivity index (χ2v) is 3.24. The summed E-state index contributed by atoms with van der Waals surface area (Å²) in [7, 11) is 3.96. The van der Waals surface area contributed by atoms with Gasteiger partial charge in [0.1, 0.15) is 0 Å². The van der Waals surface area contributed by atoms with Gasteiger partial charge in [0, 0.05) is 19.9 Å². The predicted octanol–water partition coefficient (Wildman–Crippen LogP) is 0.981. The third-order valence-corrected chi connectivity index (χ3v) is 1.76. The zero-order valence-corrected chi connectivity index (χ0v) is 8.20. The Bertz CT molecular complexity index is 292. The number of hydrogen-bond donors (Lipinski definition) is 0. The van der Waals surface area contributed by atoms with E-state index in [1.54, 1.807) is 0 Å². The van der Waals surface area contributed by atoms with E-state index in [0.717, 1.165) is 18.7 Å². The van der Waals surface area contributed by atoms with Crippen LogP contribution in [0.25, 0.3) is 0 Å². The van der Waals surface area contributed by atoms with E-state index in [1.165, 1.54) is 13.3 Å². The second-order valence-electron chi connectivity index (χ2n) is 3.24. The molecule has 72 valence electrons. The molecule has 0 atom stereocenters. The summed E-state index contributed by atoms with van der Waals surface area (Å²) in [6.45, 7) is 2.35. The van der Waals surface area contributed by atoms with E-state index in [4.69, 9.17) is 4.42 Å². The largest absolute Gasteiger partial charge is 0.440 e. The molecule has 0 aliphatic carbocycles. The molecule has 0 radical (unpaired) electrons. The molecule has 0 unspecified atom stereocenters. The maximum Gasteiger partial charge on any atom is 0.196 e. The molecule has 0 aromatic carbocycles. The van der Waals surface area contributed by atoms with Gasteiger partial charge in [-0.1, -0.05) is 0 Å². The second kappa shape index (κ2) is 4.18. The molecule has 0 saturated carbocycles. The fraction of sp³-hybridized carbons (Fsp3) is 0.556. The van der Waals surface area contributed by atoms with E-state index in [2.05, 4.69) is 4.98 Å². The fourth-order valence-electron chi connectivity index (χ4n) is 1.06. The predicted molar refractivity (Wildman–Crippen MR) is 48.8 cm³/mol. The lowest BCUT2D eigenvalue weighted by molar-refractivity contribution is 0.0986. The number of rotatable bonds is 4. The molecular weight excluding hydrogens is 168 g/mol. The molecule has 13 heavy (non-hydrogen) atoms. The lowest BCUT2D eigenvalue weighted by Gasteiger charge is -2.07. The molecule has 0 bridgehead atoms. The topological polar surface area (TPSA) is 46.3 Å². The van der Waals surface area contributed by atoms with Gasteiger partial charge in [-0.2, -0.15) is 0 Å². The molecule has 0 aliphatic rings. The van der Waals surface area contributed by atoms with Gasteiger partial charge >= 0.3 is 0 Å². The summed E-state index contributed by atoms with van der Waals surface area (Å²) in [5, 5.41) is 0. The molecule has 0 fully saturated rings. The molecule has 1 aromatic rings. The van der Waals surface area contributed by atoms with Crippen LogP contribution in [0.5, 0.6) is 0 Å². The van der Waals surface area contributed by atoms with E-state index < -0.39 is 0 Å². The van der Waals surface area contributed by atoms with Gasteiger partial charge in [-0.15, -0.1) is 0 Å². The third kappa shape index (κ3) is 2.66. The molecule has 1 heterocycles. The van der Waals surface area contributed by atoms with E-state index in [1.807, 2.05) is 19.0 Å². The fourth-order valence-corrected chi connectivity index (χ4v) is 1.06. The standard InChI is InChI=1S/C9H14N2O2/c1-7(12)9-8(10-6-13-9)4-5-11(2)3/h6H,4-5H2,1-3H3. The molecule has 4 heteroatoms. The van der Waals surface area contributed by atoms with E-state index >= 15 is 0 Å². The summed E-state index contributed by atoms with van der Waals surface area (Å²) < 4.78 is 4.98. The van der Waals surface area contributed by atoms with Crippen molar-refractivity contribution in [3.05, 3.63) is 17.8 Å². The Labute approximate surface area is 77.6 Å². The van der Waals surface area contributed by atoms with Gasteiger partial charge in [0.15, 0.2) is 17.9 Å². The van der Waals surface area contributed by atoms with Crippen molar-refractivity contribution in [2.75, 3.05) is 20.6 Å². The maximum atomic E-state index is 11.0. The van der Waals surface area contributed by atoms with Gasteiger partial charge in [0.2, 0.25) is 0 Å². The molecule has 0 aliphatic heterocycles. The summed E-state index contributed by atoms with van der Waals surface area (Å²) in [5.41, 5.74) is 0.751. The lowest BCUT2D eigenvalue weighted by atomic mass is 10.2. The van der Waals surface area contributed by atoms with E-state index in [0.29, 0.717) is 5.76 Å². The van der Waals surface area contributed by atoms with Crippen LogP contribution in [0.15, 0.2) is 10.8 Å². The van der Waals surface area contributed by atoms with Crippen molar-refractivity contribution in [3.8, 4) is 0 Å². The van der Waals surface area contributed by atoms with Gasteiger partial charge in [-0.25, -0.2) is 4.98 Å². The molecular formula is C9H14N2O2. The number of carbonyl (C=O) groups is 1. The smallest absolute Gasteiger partial charge is 0.196 e. The number of aromatic nitrogens is 1. The van der Waals surface area contributed by atoms with Crippen LogP contribution in [-0.4, -0.2) is 36.3 Å². The molecule has 1 aromatic heterocycles. The highest BCUT2D eigenvalue weighted by Crippen LogP contribution is 2.08. The minimum atomic E-state index is -0.0637. The van der Waals surface area contributed by atoms with Gasteiger partial charge in [0.05, 0.1) is 5.69 Å². The van der Waals surface area contributed by atoms with Crippen molar-refractivity contribution < 1.29 is 9.21 Å². The van der Waals surface area contributed by atoms with Crippen LogP contribution < -0.4 is 0 Å². The summed E-state index contributed by atoms with van der Waals surface area (Å²) in [5.74, 6) is 0.327. The first-order valence-electron chi connectivity index (χ1n) is 4.19. The number of oxazole rings is 1. The molecule has 0 N–H and O–H groups in total. The zero-order chi connectivity index (χ0) is 9.84. The summed E-state index contributed by atoms with van der Waals surface area (Å²) in [6, 6.07) is 0. The summed E-state index contributed by atoms with van der Waals surface area (Å²) >= 11 is 0. The van der Waals surface area contributed by atoms with Crippen LogP contribution in [0.2, 0.25) is 0 Å². The first kappa shape index (κ1) is 9.92. The van der Waals surface area contributed by atoms with Crippen molar-refractivity contribution in [1.82, 2.24) is 9.88 Å². The SMILES string of the molecule is CC(=O)c1ocnc1CCN(C)C. The van der Waals surface area contributed by atoms with Crippen LogP contribution in [0, 0.1) is 0 Å². The average molecular weight is 182 g/mol. The van der Waals surface area contributed by atoms with Crippen LogP contribution >= 0.6 is 0 Å². The first-order chi connectivity index (χ1) is 6.11. The van der Waals surface area contributed by atoms with E-state index in [9.17, 15) is 4.79 Å². The molecule has 0 amide bonds. The average Bonchev–Trinajstić information content (AvgIpc) is 2.47. The van der Waals surface area contributed by atoms with Gasteiger partial charge in [-0.3, -0.25) is 4.79 Å². The minimum absolute atomic E-state index is 0.0637. The van der Waals surface area contributed by atoms with Crippen molar-refractivity contribution >= 4 is 5.78 Å². The van der Waals surface area contributed by atoms with Crippen LogP contribution in [0.3, 0.4) is 0 Å². The Morgan fingerprint density at radius 2 is 2.31 bits per heavy atom. The number of hydrogen-bond acceptors (Lipinski definition) is 4. The molecule has 0 spiro atoms. The van der Waals surface area contributed by atoms with Gasteiger partial charge in [-0.05, 0) is 14.1 Å². The van der Waals surface area contributed by atoms with Crippen LogP contribution in [0.1, 0.15) is 23.2 Å². The monoisotopic (exact) mass is 182 g/mol. The van der Waals surface area contributed by atoms with Gasteiger partial charge < -0.3 is 9.32 Å². The highest BCUT2D eigenvalue weighted by atomic mass is 16.3. The highest BCUT2D eigenvalue weighted by molar-refractivity contribution is 5.92. The third-order valence-electron chi connectivity index (χ3n) is 1.76. The van der Waals surface area contributed by atoms with Crippen molar-refractivity contribution in [2.45, 2.75) is 13.3 Å².